The normalized spacial score (nSPS) is 13.4. The Kier molecular flexibility index (Phi) is 5.64. The highest BCUT2D eigenvalue weighted by molar-refractivity contribution is 9.10. The lowest BCUT2D eigenvalue weighted by Gasteiger charge is -2.33. The van der Waals surface area contributed by atoms with Crippen LogP contribution in [0.5, 0.6) is 0 Å². The van der Waals surface area contributed by atoms with Crippen molar-refractivity contribution in [1.29, 1.82) is 0 Å². The summed E-state index contributed by atoms with van der Waals surface area (Å²) >= 11 is 3.53. The Bertz CT molecular complexity index is 614. The second kappa shape index (κ2) is 7.11. The molecule has 117 valence electrons. The van der Waals surface area contributed by atoms with E-state index in [1.807, 2.05) is 6.07 Å². The molecule has 0 aliphatic carbocycles. The van der Waals surface area contributed by atoms with Crippen LogP contribution in [-0.2, 0) is 4.43 Å². The predicted molar refractivity (Wildman–Crippen MR) is 100 cm³/mol. The zero-order valence-corrected chi connectivity index (χ0v) is 16.6. The Morgan fingerprint density at radius 3 is 2.09 bits per heavy atom. The summed E-state index contributed by atoms with van der Waals surface area (Å²) in [7, 11) is -0.736. The van der Waals surface area contributed by atoms with Gasteiger partial charge in [0.05, 0.1) is 6.10 Å². The van der Waals surface area contributed by atoms with Crippen molar-refractivity contribution in [2.45, 2.75) is 40.0 Å². The van der Waals surface area contributed by atoms with E-state index in [1.165, 1.54) is 16.7 Å². The quantitative estimate of drug-likeness (QED) is 0.556. The van der Waals surface area contributed by atoms with Gasteiger partial charge in [-0.2, -0.15) is 0 Å². The summed E-state index contributed by atoms with van der Waals surface area (Å²) in [5.41, 5.74) is 3.82. The van der Waals surface area contributed by atoms with Crippen LogP contribution in [0.2, 0.25) is 13.1 Å². The van der Waals surface area contributed by atoms with E-state index in [9.17, 15) is 0 Å². The van der Waals surface area contributed by atoms with Gasteiger partial charge in [-0.1, -0.05) is 73.1 Å². The molecule has 2 rings (SSSR count). The smallest absolute Gasteiger partial charge is 0.205 e. The zero-order valence-electron chi connectivity index (χ0n) is 14.0. The largest absolute Gasteiger partial charge is 0.410 e. The fourth-order valence-corrected chi connectivity index (χ4v) is 3.86. The van der Waals surface area contributed by atoms with Crippen molar-refractivity contribution in [2.24, 2.45) is 5.41 Å². The highest BCUT2D eigenvalue weighted by Gasteiger charge is 2.28. The molecular formula is C19H24BrOSi. The molecule has 1 nitrogen and oxygen atoms in total. The molecule has 0 saturated carbocycles. The van der Waals surface area contributed by atoms with Crippen LogP contribution >= 0.6 is 15.9 Å². The van der Waals surface area contributed by atoms with Crippen molar-refractivity contribution >= 4 is 25.0 Å². The maximum absolute atomic E-state index is 6.26. The Balaban J connectivity index is 2.30. The van der Waals surface area contributed by atoms with Crippen LogP contribution in [-0.4, -0.2) is 9.04 Å². The number of rotatable bonds is 4. The first-order valence-electron chi connectivity index (χ1n) is 7.60. The van der Waals surface area contributed by atoms with E-state index in [4.69, 9.17) is 4.43 Å². The minimum Gasteiger partial charge on any atom is -0.410 e. The van der Waals surface area contributed by atoms with Crippen molar-refractivity contribution in [3.05, 3.63) is 58.6 Å². The maximum atomic E-state index is 6.26. The molecule has 0 aromatic heterocycles. The average molecular weight is 376 g/mol. The van der Waals surface area contributed by atoms with Gasteiger partial charge in [0.1, 0.15) is 0 Å². The van der Waals surface area contributed by atoms with Crippen molar-refractivity contribution in [3.63, 3.8) is 0 Å². The molecule has 1 radical (unpaired) electrons. The summed E-state index contributed by atoms with van der Waals surface area (Å²) in [4.78, 5) is 0. The van der Waals surface area contributed by atoms with Crippen LogP contribution < -0.4 is 0 Å². The van der Waals surface area contributed by atoms with Gasteiger partial charge in [-0.25, -0.2) is 0 Å². The van der Waals surface area contributed by atoms with Crippen molar-refractivity contribution in [3.8, 4) is 11.1 Å². The third-order valence-electron chi connectivity index (χ3n) is 3.51. The average Bonchev–Trinajstić information content (AvgIpc) is 2.44. The SMILES string of the molecule is C[Si](C)OC(c1ccc(-c2cccc(Br)c2)cc1)C(C)(C)C. The lowest BCUT2D eigenvalue weighted by molar-refractivity contribution is 0.0866. The lowest BCUT2D eigenvalue weighted by atomic mass is 9.84. The van der Waals surface area contributed by atoms with Gasteiger partial charge in [0.2, 0.25) is 9.04 Å². The second-order valence-corrected chi connectivity index (χ2v) is 9.87. The molecule has 3 heteroatoms. The van der Waals surface area contributed by atoms with Crippen LogP contribution in [0.4, 0.5) is 0 Å². The van der Waals surface area contributed by atoms with E-state index in [0.29, 0.717) is 0 Å². The van der Waals surface area contributed by atoms with Gasteiger partial charge in [0, 0.05) is 4.47 Å². The molecule has 0 aliphatic rings. The van der Waals surface area contributed by atoms with E-state index in [1.54, 1.807) is 0 Å². The van der Waals surface area contributed by atoms with Gasteiger partial charge in [-0.3, -0.25) is 0 Å². The molecule has 0 N–H and O–H groups in total. The molecule has 0 heterocycles. The summed E-state index contributed by atoms with van der Waals surface area (Å²) < 4.78 is 7.37. The molecule has 0 saturated heterocycles. The monoisotopic (exact) mass is 375 g/mol. The number of hydrogen-bond donors (Lipinski definition) is 0. The Hall–Kier alpha value is -0.903. The van der Waals surface area contributed by atoms with E-state index in [-0.39, 0.29) is 11.5 Å². The highest BCUT2D eigenvalue weighted by Crippen LogP contribution is 2.37. The molecule has 1 atom stereocenters. The molecule has 0 bridgehead atoms. The van der Waals surface area contributed by atoms with E-state index >= 15 is 0 Å². The van der Waals surface area contributed by atoms with Crippen LogP contribution in [0.25, 0.3) is 11.1 Å². The van der Waals surface area contributed by atoms with Crippen LogP contribution in [0.3, 0.4) is 0 Å². The van der Waals surface area contributed by atoms with Gasteiger partial charge < -0.3 is 4.43 Å². The van der Waals surface area contributed by atoms with Crippen LogP contribution in [0, 0.1) is 5.41 Å². The first-order chi connectivity index (χ1) is 10.3. The summed E-state index contributed by atoms with van der Waals surface area (Å²) in [6.45, 7) is 11.1. The first-order valence-corrected chi connectivity index (χ1v) is 10.8. The van der Waals surface area contributed by atoms with Crippen LogP contribution in [0.1, 0.15) is 32.4 Å². The maximum Gasteiger partial charge on any atom is 0.205 e. The molecule has 22 heavy (non-hydrogen) atoms. The van der Waals surface area contributed by atoms with E-state index in [2.05, 4.69) is 92.3 Å². The molecule has 0 amide bonds. The second-order valence-electron chi connectivity index (χ2n) is 6.90. The fourth-order valence-electron chi connectivity index (χ4n) is 2.50. The van der Waals surface area contributed by atoms with Crippen molar-refractivity contribution in [1.82, 2.24) is 0 Å². The third kappa shape index (κ3) is 4.54. The third-order valence-corrected chi connectivity index (χ3v) is 4.71. The Morgan fingerprint density at radius 1 is 0.955 bits per heavy atom. The van der Waals surface area contributed by atoms with E-state index in [0.717, 1.165) is 4.47 Å². The van der Waals surface area contributed by atoms with Gasteiger partial charge in [-0.15, -0.1) is 0 Å². The van der Waals surface area contributed by atoms with Gasteiger partial charge in [0.25, 0.3) is 0 Å². The Labute approximate surface area is 144 Å². The van der Waals surface area contributed by atoms with Gasteiger partial charge in [-0.05, 0) is 47.3 Å². The fraction of sp³-hybridized carbons (Fsp3) is 0.368. The molecular weight excluding hydrogens is 352 g/mol. The predicted octanol–water partition coefficient (Wildman–Crippen LogP) is 6.47. The van der Waals surface area contributed by atoms with Gasteiger partial charge in [0.15, 0.2) is 0 Å². The van der Waals surface area contributed by atoms with Crippen molar-refractivity contribution < 1.29 is 4.43 Å². The van der Waals surface area contributed by atoms with Crippen molar-refractivity contribution in [2.75, 3.05) is 0 Å². The van der Waals surface area contributed by atoms with Gasteiger partial charge >= 0.3 is 0 Å². The number of halogens is 1. The van der Waals surface area contributed by atoms with E-state index < -0.39 is 9.04 Å². The molecule has 2 aromatic rings. The van der Waals surface area contributed by atoms with Crippen LogP contribution in [0.15, 0.2) is 53.0 Å². The molecule has 2 aromatic carbocycles. The number of hydrogen-bond acceptors (Lipinski definition) is 1. The minimum atomic E-state index is -0.736. The highest BCUT2D eigenvalue weighted by atomic mass is 79.9. The summed E-state index contributed by atoms with van der Waals surface area (Å²) in [6, 6.07) is 17.2. The molecule has 0 spiro atoms. The molecule has 1 unspecified atom stereocenters. The summed E-state index contributed by atoms with van der Waals surface area (Å²) in [5.74, 6) is 0. The Morgan fingerprint density at radius 2 is 1.59 bits per heavy atom. The lowest BCUT2D eigenvalue weighted by Crippen LogP contribution is -2.25. The topological polar surface area (TPSA) is 9.23 Å². The summed E-state index contributed by atoms with van der Waals surface area (Å²) in [6.07, 6.45) is 0.146. The molecule has 0 fully saturated rings. The number of benzene rings is 2. The molecule has 0 aliphatic heterocycles. The summed E-state index contributed by atoms with van der Waals surface area (Å²) in [5, 5.41) is 0. The standard InChI is InChI=1S/C19H24BrOSi/c1-19(2,3)18(21-22(4)5)15-11-9-14(10-12-15)16-7-6-8-17(20)13-16/h6-13,18H,1-5H3. The minimum absolute atomic E-state index is 0.0965. The first kappa shape index (κ1) is 17.5. The zero-order chi connectivity index (χ0) is 16.3.